The van der Waals surface area contributed by atoms with Gasteiger partial charge < -0.3 is 10.6 Å². The molecule has 1 aromatic rings. The Morgan fingerprint density at radius 1 is 1.40 bits per heavy atom. The molecule has 20 heavy (non-hydrogen) atoms. The Labute approximate surface area is 126 Å². The van der Waals surface area contributed by atoms with Crippen LogP contribution in [0.1, 0.15) is 37.0 Å². The van der Waals surface area contributed by atoms with Crippen molar-refractivity contribution >= 4 is 27.7 Å². The van der Waals surface area contributed by atoms with Gasteiger partial charge in [0.25, 0.3) is 5.91 Å². The van der Waals surface area contributed by atoms with Gasteiger partial charge in [-0.2, -0.15) is 0 Å². The van der Waals surface area contributed by atoms with Gasteiger partial charge in [-0.05, 0) is 31.5 Å². The van der Waals surface area contributed by atoms with Crippen molar-refractivity contribution in [3.8, 4) is 0 Å². The van der Waals surface area contributed by atoms with Crippen molar-refractivity contribution in [2.24, 2.45) is 0 Å². The van der Waals surface area contributed by atoms with Gasteiger partial charge in [-0.15, -0.1) is 0 Å². The van der Waals surface area contributed by atoms with Gasteiger partial charge in [0.15, 0.2) is 0 Å². The largest absolute Gasteiger partial charge is 0.354 e. The molecule has 0 aromatic heterocycles. The molecule has 0 bridgehead atoms. The zero-order valence-corrected chi connectivity index (χ0v) is 13.1. The lowest BCUT2D eigenvalue weighted by atomic mass is 10.2. The molecule has 0 fully saturated rings. The summed E-state index contributed by atoms with van der Waals surface area (Å²) < 4.78 is 14.1. The van der Waals surface area contributed by atoms with Gasteiger partial charge in [-0.25, -0.2) is 4.39 Å². The summed E-state index contributed by atoms with van der Waals surface area (Å²) in [5.41, 5.74) is -0.0319. The molecular formula is C14H18BrFN2O2. The van der Waals surface area contributed by atoms with Crippen LogP contribution in [0.4, 0.5) is 4.39 Å². The first-order valence-electron chi connectivity index (χ1n) is 6.46. The first kappa shape index (κ1) is 16.6. The Bertz CT molecular complexity index is 494. The second kappa shape index (κ2) is 7.99. The van der Waals surface area contributed by atoms with E-state index in [0.29, 0.717) is 4.47 Å². The molecule has 0 saturated carbocycles. The van der Waals surface area contributed by atoms with E-state index in [-0.39, 0.29) is 30.5 Å². The number of nitrogens with one attached hydrogen (secondary N) is 2. The Morgan fingerprint density at radius 3 is 2.70 bits per heavy atom. The summed E-state index contributed by atoms with van der Waals surface area (Å²) in [4.78, 5) is 23.2. The normalized spacial score (nSPS) is 11.8. The van der Waals surface area contributed by atoms with Gasteiger partial charge in [0, 0.05) is 23.5 Å². The first-order chi connectivity index (χ1) is 9.43. The molecule has 1 rings (SSSR count). The second-order valence-corrected chi connectivity index (χ2v) is 5.42. The molecule has 1 atom stereocenters. The minimum atomic E-state index is -0.596. The molecule has 0 saturated heterocycles. The maximum Gasteiger partial charge on any atom is 0.254 e. The molecule has 0 heterocycles. The van der Waals surface area contributed by atoms with Crippen LogP contribution in [-0.2, 0) is 4.79 Å². The van der Waals surface area contributed by atoms with E-state index in [1.54, 1.807) is 6.07 Å². The lowest BCUT2D eigenvalue weighted by molar-refractivity contribution is -0.121. The Morgan fingerprint density at radius 2 is 2.10 bits per heavy atom. The zero-order chi connectivity index (χ0) is 15.1. The third-order valence-corrected chi connectivity index (χ3v) is 3.33. The van der Waals surface area contributed by atoms with E-state index in [4.69, 9.17) is 0 Å². The van der Waals surface area contributed by atoms with Crippen molar-refractivity contribution in [3.63, 3.8) is 0 Å². The number of amides is 2. The van der Waals surface area contributed by atoms with Crippen molar-refractivity contribution in [1.29, 1.82) is 0 Å². The van der Waals surface area contributed by atoms with E-state index in [1.165, 1.54) is 12.1 Å². The summed E-state index contributed by atoms with van der Waals surface area (Å²) in [5, 5.41) is 5.32. The van der Waals surface area contributed by atoms with Gasteiger partial charge in [-0.1, -0.05) is 22.9 Å². The van der Waals surface area contributed by atoms with E-state index in [0.717, 1.165) is 6.42 Å². The summed E-state index contributed by atoms with van der Waals surface area (Å²) in [6, 6.07) is 4.33. The van der Waals surface area contributed by atoms with E-state index in [1.807, 2.05) is 13.8 Å². The van der Waals surface area contributed by atoms with Crippen LogP contribution in [0, 0.1) is 5.82 Å². The smallest absolute Gasteiger partial charge is 0.254 e. The second-order valence-electron chi connectivity index (χ2n) is 4.51. The number of carbonyl (C=O) groups is 2. The summed E-state index contributed by atoms with van der Waals surface area (Å²) in [6.45, 7) is 4.06. The first-order valence-corrected chi connectivity index (χ1v) is 7.26. The minimum absolute atomic E-state index is 0.0319. The fourth-order valence-corrected chi connectivity index (χ4v) is 1.84. The number of rotatable bonds is 6. The molecule has 110 valence electrons. The summed E-state index contributed by atoms with van der Waals surface area (Å²) in [7, 11) is 0. The molecular weight excluding hydrogens is 327 g/mol. The molecule has 0 radical (unpaired) electrons. The maximum absolute atomic E-state index is 13.5. The fraction of sp³-hybridized carbons (Fsp3) is 0.429. The van der Waals surface area contributed by atoms with E-state index < -0.39 is 11.7 Å². The SMILES string of the molecule is CCC(C)NC(=O)CCNC(=O)c1ccc(Br)cc1F. The highest BCUT2D eigenvalue weighted by Gasteiger charge is 2.12. The van der Waals surface area contributed by atoms with Crippen LogP contribution in [0.3, 0.4) is 0 Å². The standard InChI is InChI=1S/C14H18BrFN2O2/c1-3-9(2)18-13(19)6-7-17-14(20)11-5-4-10(15)8-12(11)16/h4-5,8-9H,3,6-7H2,1-2H3,(H,17,20)(H,18,19). The van der Waals surface area contributed by atoms with Crippen molar-refractivity contribution in [1.82, 2.24) is 10.6 Å². The van der Waals surface area contributed by atoms with Gasteiger partial charge in [0.1, 0.15) is 5.82 Å². The highest BCUT2D eigenvalue weighted by molar-refractivity contribution is 9.10. The predicted octanol–water partition coefficient (Wildman–Crippen LogP) is 2.62. The van der Waals surface area contributed by atoms with Gasteiger partial charge in [-0.3, -0.25) is 9.59 Å². The van der Waals surface area contributed by atoms with Gasteiger partial charge in [0.05, 0.1) is 5.56 Å². The topological polar surface area (TPSA) is 58.2 Å². The molecule has 0 aliphatic rings. The molecule has 2 amide bonds. The number of carbonyl (C=O) groups excluding carboxylic acids is 2. The summed E-state index contributed by atoms with van der Waals surface area (Å²) in [5.74, 6) is -1.25. The Balaban J connectivity index is 2.42. The van der Waals surface area contributed by atoms with Crippen molar-refractivity contribution in [3.05, 3.63) is 34.1 Å². The van der Waals surface area contributed by atoms with Crippen LogP contribution in [-0.4, -0.2) is 24.4 Å². The molecule has 4 nitrogen and oxygen atoms in total. The zero-order valence-electron chi connectivity index (χ0n) is 11.5. The average Bonchev–Trinajstić information content (AvgIpc) is 2.38. The minimum Gasteiger partial charge on any atom is -0.354 e. The maximum atomic E-state index is 13.5. The third-order valence-electron chi connectivity index (χ3n) is 2.83. The number of hydrogen-bond acceptors (Lipinski definition) is 2. The van der Waals surface area contributed by atoms with E-state index in [9.17, 15) is 14.0 Å². The van der Waals surface area contributed by atoms with Crippen molar-refractivity contribution in [2.45, 2.75) is 32.7 Å². The molecule has 0 aliphatic carbocycles. The highest BCUT2D eigenvalue weighted by atomic mass is 79.9. The van der Waals surface area contributed by atoms with Crippen LogP contribution in [0.5, 0.6) is 0 Å². The molecule has 0 spiro atoms. The van der Waals surface area contributed by atoms with Crippen LogP contribution in [0.2, 0.25) is 0 Å². The Hall–Kier alpha value is -1.43. The summed E-state index contributed by atoms with van der Waals surface area (Å²) >= 11 is 3.12. The van der Waals surface area contributed by atoms with Crippen molar-refractivity contribution in [2.75, 3.05) is 6.54 Å². The average molecular weight is 345 g/mol. The molecule has 6 heteroatoms. The van der Waals surface area contributed by atoms with Gasteiger partial charge >= 0.3 is 0 Å². The molecule has 2 N–H and O–H groups in total. The number of hydrogen-bond donors (Lipinski definition) is 2. The molecule has 1 aromatic carbocycles. The molecule has 0 aliphatic heterocycles. The van der Waals surface area contributed by atoms with Gasteiger partial charge in [0.2, 0.25) is 5.91 Å². The van der Waals surface area contributed by atoms with Crippen molar-refractivity contribution < 1.29 is 14.0 Å². The van der Waals surface area contributed by atoms with Crippen LogP contribution in [0.25, 0.3) is 0 Å². The van der Waals surface area contributed by atoms with Crippen LogP contribution < -0.4 is 10.6 Å². The number of halogens is 2. The quantitative estimate of drug-likeness (QED) is 0.833. The number of benzene rings is 1. The highest BCUT2D eigenvalue weighted by Crippen LogP contribution is 2.15. The van der Waals surface area contributed by atoms with Crippen LogP contribution >= 0.6 is 15.9 Å². The Kier molecular flexibility index (Phi) is 6.64. The third kappa shape index (κ3) is 5.28. The lowest BCUT2D eigenvalue weighted by Crippen LogP contribution is -2.35. The molecule has 1 unspecified atom stereocenters. The van der Waals surface area contributed by atoms with E-state index >= 15 is 0 Å². The van der Waals surface area contributed by atoms with E-state index in [2.05, 4.69) is 26.6 Å². The monoisotopic (exact) mass is 344 g/mol. The lowest BCUT2D eigenvalue weighted by Gasteiger charge is -2.11. The summed E-state index contributed by atoms with van der Waals surface area (Å²) in [6.07, 6.45) is 1.02. The van der Waals surface area contributed by atoms with Crippen LogP contribution in [0.15, 0.2) is 22.7 Å². The predicted molar refractivity (Wildman–Crippen MR) is 78.9 cm³/mol. The fourth-order valence-electron chi connectivity index (χ4n) is 1.51.